The summed E-state index contributed by atoms with van der Waals surface area (Å²) in [5, 5.41) is 0. The van der Waals surface area contributed by atoms with E-state index in [1.807, 2.05) is 10.6 Å². The number of hydrogen-bond donors (Lipinski definition) is 1. The molecule has 0 bridgehead atoms. The molecule has 2 heterocycles. The van der Waals surface area contributed by atoms with Gasteiger partial charge in [0.1, 0.15) is 0 Å². The Balaban J connectivity index is 0.000000750. The molecular formula is C9H11N3O. The minimum absolute atomic E-state index is 0. The second kappa shape index (κ2) is 2.22. The third kappa shape index (κ3) is 0.915. The molecule has 1 N–H and O–H groups in total. The van der Waals surface area contributed by atoms with E-state index in [2.05, 4.69) is 9.97 Å². The predicted octanol–water partition coefficient (Wildman–Crippen LogP) is 1.31. The van der Waals surface area contributed by atoms with Crippen LogP contribution in [0.3, 0.4) is 0 Å². The van der Waals surface area contributed by atoms with Crippen LogP contribution in [0.5, 0.6) is 0 Å². The first-order valence-electron chi connectivity index (χ1n) is 4.40. The molecule has 2 aromatic rings. The van der Waals surface area contributed by atoms with Crippen LogP contribution < -0.4 is 5.69 Å². The minimum atomic E-state index is -0.00880. The maximum atomic E-state index is 11.5. The molecule has 4 heteroatoms. The lowest BCUT2D eigenvalue weighted by atomic mass is 10.4. The smallest absolute Gasteiger partial charge is 0.304 e. The van der Waals surface area contributed by atoms with Gasteiger partial charge in [-0.25, -0.2) is 4.79 Å². The highest BCUT2D eigenvalue weighted by Gasteiger charge is 2.26. The molecule has 0 amide bonds. The second-order valence-corrected chi connectivity index (χ2v) is 3.42. The van der Waals surface area contributed by atoms with Crippen molar-refractivity contribution in [3.63, 3.8) is 0 Å². The first kappa shape index (κ1) is 6.88. The highest BCUT2D eigenvalue weighted by Crippen LogP contribution is 2.35. The van der Waals surface area contributed by atoms with E-state index >= 15 is 0 Å². The lowest BCUT2D eigenvalue weighted by Gasteiger charge is -1.97. The summed E-state index contributed by atoms with van der Waals surface area (Å²) >= 11 is 0. The molecule has 0 aromatic carbocycles. The van der Waals surface area contributed by atoms with Crippen LogP contribution in [0.2, 0.25) is 0 Å². The van der Waals surface area contributed by atoms with Gasteiger partial charge in [0.05, 0.1) is 17.2 Å². The van der Waals surface area contributed by atoms with Crippen molar-refractivity contribution in [3.8, 4) is 0 Å². The number of hydrogen-bond acceptors (Lipinski definition) is 2. The van der Waals surface area contributed by atoms with Crippen LogP contribution in [0, 0.1) is 0 Å². The Labute approximate surface area is 75.7 Å². The van der Waals surface area contributed by atoms with Gasteiger partial charge in [0.25, 0.3) is 0 Å². The topological polar surface area (TPSA) is 50.7 Å². The zero-order valence-electron chi connectivity index (χ0n) is 7.03. The Bertz CT molecular complexity index is 512. The van der Waals surface area contributed by atoms with E-state index in [1.165, 1.54) is 0 Å². The van der Waals surface area contributed by atoms with Crippen LogP contribution in [0.4, 0.5) is 0 Å². The van der Waals surface area contributed by atoms with Crippen molar-refractivity contribution in [3.05, 3.63) is 28.9 Å². The molecule has 4 nitrogen and oxygen atoms in total. The Hall–Kier alpha value is -1.58. The van der Waals surface area contributed by atoms with E-state index < -0.39 is 0 Å². The number of pyridine rings is 1. The van der Waals surface area contributed by atoms with Crippen molar-refractivity contribution < 1.29 is 1.43 Å². The fraction of sp³-hybridized carbons (Fsp3) is 0.333. The summed E-state index contributed by atoms with van der Waals surface area (Å²) in [6, 6.07) is 2.30. The van der Waals surface area contributed by atoms with Crippen molar-refractivity contribution in [1.29, 1.82) is 0 Å². The number of nitrogens with zero attached hydrogens (tertiary/aromatic N) is 2. The second-order valence-electron chi connectivity index (χ2n) is 3.42. The molecule has 68 valence electrons. The van der Waals surface area contributed by atoms with E-state index in [-0.39, 0.29) is 7.12 Å². The third-order valence-electron chi connectivity index (χ3n) is 2.43. The first-order chi connectivity index (χ1) is 6.36. The Morgan fingerprint density at radius 2 is 2.46 bits per heavy atom. The largest absolute Gasteiger partial charge is 0.326 e. The summed E-state index contributed by atoms with van der Waals surface area (Å²) < 4.78 is 1.83. The van der Waals surface area contributed by atoms with Gasteiger partial charge >= 0.3 is 5.69 Å². The highest BCUT2D eigenvalue weighted by atomic mass is 16.1. The SMILES string of the molecule is O=c1[nH]c2cnccc2n1C1CC1.[HH]. The average molecular weight is 177 g/mol. The van der Waals surface area contributed by atoms with Crippen molar-refractivity contribution in [2.45, 2.75) is 18.9 Å². The molecule has 3 rings (SSSR count). The van der Waals surface area contributed by atoms with Gasteiger partial charge in [0, 0.05) is 13.7 Å². The van der Waals surface area contributed by atoms with E-state index in [1.54, 1.807) is 12.4 Å². The normalized spacial score (nSPS) is 16.6. The summed E-state index contributed by atoms with van der Waals surface area (Å²) in [5.74, 6) is 0. The molecule has 0 saturated heterocycles. The van der Waals surface area contributed by atoms with E-state index in [0.29, 0.717) is 6.04 Å². The van der Waals surface area contributed by atoms with Gasteiger partial charge in [0.2, 0.25) is 0 Å². The lowest BCUT2D eigenvalue weighted by Crippen LogP contribution is -2.14. The van der Waals surface area contributed by atoms with Crippen LogP contribution in [-0.4, -0.2) is 14.5 Å². The number of aromatic amines is 1. The zero-order valence-corrected chi connectivity index (χ0v) is 7.03. The monoisotopic (exact) mass is 177 g/mol. The standard InChI is InChI=1S/C9H9N3O.H2/c13-9-11-7-5-10-4-3-8(7)12(9)6-1-2-6;/h3-6H,1-2H2,(H,11,13);1H. The van der Waals surface area contributed by atoms with Gasteiger partial charge < -0.3 is 4.98 Å². The molecular weight excluding hydrogens is 166 g/mol. The Morgan fingerprint density at radius 3 is 3.23 bits per heavy atom. The quantitative estimate of drug-likeness (QED) is 0.713. The molecule has 13 heavy (non-hydrogen) atoms. The number of aromatic nitrogens is 3. The summed E-state index contributed by atoms with van der Waals surface area (Å²) in [5.41, 5.74) is 1.80. The number of imidazole rings is 1. The number of rotatable bonds is 1. The summed E-state index contributed by atoms with van der Waals surface area (Å²) in [6.07, 6.45) is 5.65. The fourth-order valence-electron chi connectivity index (χ4n) is 1.67. The van der Waals surface area contributed by atoms with E-state index in [4.69, 9.17) is 0 Å². The minimum Gasteiger partial charge on any atom is -0.304 e. The summed E-state index contributed by atoms with van der Waals surface area (Å²) in [6.45, 7) is 0. The molecule has 1 aliphatic carbocycles. The molecule has 2 aromatic heterocycles. The predicted molar refractivity (Wildman–Crippen MR) is 50.7 cm³/mol. The molecule has 0 atom stereocenters. The lowest BCUT2D eigenvalue weighted by molar-refractivity contribution is 0.733. The van der Waals surface area contributed by atoms with Gasteiger partial charge in [-0.05, 0) is 18.9 Å². The molecule has 0 unspecified atom stereocenters. The van der Waals surface area contributed by atoms with Crippen molar-refractivity contribution >= 4 is 11.0 Å². The van der Waals surface area contributed by atoms with Gasteiger partial charge in [0.15, 0.2) is 0 Å². The van der Waals surface area contributed by atoms with Crippen LogP contribution in [0.1, 0.15) is 20.3 Å². The van der Waals surface area contributed by atoms with E-state index in [9.17, 15) is 4.79 Å². The van der Waals surface area contributed by atoms with E-state index in [0.717, 1.165) is 23.9 Å². The van der Waals surface area contributed by atoms with Crippen molar-refractivity contribution in [2.24, 2.45) is 0 Å². The number of fused-ring (bicyclic) bond motifs is 1. The first-order valence-corrected chi connectivity index (χ1v) is 4.40. The summed E-state index contributed by atoms with van der Waals surface area (Å²) in [4.78, 5) is 18.3. The molecule has 0 aliphatic heterocycles. The van der Waals surface area contributed by atoms with Gasteiger partial charge in [-0.3, -0.25) is 9.55 Å². The molecule has 1 aliphatic rings. The third-order valence-corrected chi connectivity index (χ3v) is 2.43. The molecule has 0 spiro atoms. The fourth-order valence-corrected chi connectivity index (χ4v) is 1.67. The molecule has 1 fully saturated rings. The van der Waals surface area contributed by atoms with Crippen LogP contribution >= 0.6 is 0 Å². The maximum absolute atomic E-state index is 11.5. The van der Waals surface area contributed by atoms with Crippen LogP contribution in [0.15, 0.2) is 23.3 Å². The highest BCUT2D eigenvalue weighted by molar-refractivity contribution is 5.73. The van der Waals surface area contributed by atoms with Crippen LogP contribution in [-0.2, 0) is 0 Å². The number of H-pyrrole nitrogens is 1. The average Bonchev–Trinajstić information content (AvgIpc) is 2.88. The number of nitrogens with one attached hydrogen (secondary N) is 1. The van der Waals surface area contributed by atoms with Crippen molar-refractivity contribution in [2.75, 3.05) is 0 Å². The maximum Gasteiger partial charge on any atom is 0.326 e. The van der Waals surface area contributed by atoms with Gasteiger partial charge in [-0.15, -0.1) is 0 Å². The molecule has 1 saturated carbocycles. The molecule has 0 radical (unpaired) electrons. The zero-order chi connectivity index (χ0) is 8.84. The van der Waals surface area contributed by atoms with Gasteiger partial charge in [-0.1, -0.05) is 0 Å². The van der Waals surface area contributed by atoms with Crippen molar-refractivity contribution in [1.82, 2.24) is 14.5 Å². The summed E-state index contributed by atoms with van der Waals surface area (Å²) in [7, 11) is 0. The Kier molecular flexibility index (Phi) is 1.17. The van der Waals surface area contributed by atoms with Gasteiger partial charge in [-0.2, -0.15) is 0 Å². The van der Waals surface area contributed by atoms with Crippen LogP contribution in [0.25, 0.3) is 11.0 Å². The Morgan fingerprint density at radius 1 is 1.62 bits per heavy atom.